The molecule has 0 bridgehead atoms. The largest absolute Gasteiger partial charge is 0.439 e. The number of nitrogens with zero attached hydrogens (tertiary/aromatic N) is 5. The number of pyridine rings is 1. The summed E-state index contributed by atoms with van der Waals surface area (Å²) in [5, 5.41) is 12.5. The van der Waals surface area contributed by atoms with Crippen LogP contribution in [0.2, 0.25) is 0 Å². The minimum Gasteiger partial charge on any atom is -0.439 e. The third kappa shape index (κ3) is 4.08. The first-order valence-corrected chi connectivity index (χ1v) is 11.1. The summed E-state index contributed by atoms with van der Waals surface area (Å²) < 4.78 is 7.72. The Labute approximate surface area is 201 Å². The van der Waals surface area contributed by atoms with E-state index in [0.717, 1.165) is 50.4 Å². The van der Waals surface area contributed by atoms with Gasteiger partial charge in [-0.25, -0.2) is 4.98 Å². The van der Waals surface area contributed by atoms with Gasteiger partial charge in [-0.2, -0.15) is 0 Å². The predicted octanol–water partition coefficient (Wildman–Crippen LogP) is 5.77. The molecule has 3 heterocycles. The summed E-state index contributed by atoms with van der Waals surface area (Å²) in [6.07, 6.45) is 5.03. The lowest BCUT2D eigenvalue weighted by Crippen LogP contribution is -1.96. The third-order valence-electron chi connectivity index (χ3n) is 5.79. The minimum atomic E-state index is 0.462. The van der Waals surface area contributed by atoms with E-state index in [1.54, 1.807) is 23.1 Å². The van der Waals surface area contributed by atoms with Crippen molar-refractivity contribution < 1.29 is 4.74 Å². The second-order valence-corrected chi connectivity index (χ2v) is 8.25. The second kappa shape index (κ2) is 8.42. The average molecular weight is 460 g/mol. The molecular weight excluding hydrogens is 438 g/mol. The molecule has 170 valence electrons. The molecule has 0 spiro atoms. The van der Waals surface area contributed by atoms with Crippen LogP contribution in [0.4, 0.5) is 17.1 Å². The van der Waals surface area contributed by atoms with E-state index in [-0.39, 0.29) is 0 Å². The summed E-state index contributed by atoms with van der Waals surface area (Å²) in [6.45, 7) is 2.00. The molecule has 6 aromatic rings. The van der Waals surface area contributed by atoms with Gasteiger partial charge in [-0.05, 0) is 72.1 Å². The molecule has 0 aliphatic heterocycles. The van der Waals surface area contributed by atoms with E-state index < -0.39 is 0 Å². The Bertz CT molecular complexity index is 1690. The zero-order chi connectivity index (χ0) is 23.8. The lowest BCUT2D eigenvalue weighted by Gasteiger charge is -2.13. The summed E-state index contributed by atoms with van der Waals surface area (Å²) in [4.78, 5) is 8.84. The van der Waals surface area contributed by atoms with E-state index in [4.69, 9.17) is 10.5 Å². The average Bonchev–Trinajstić information content (AvgIpc) is 3.34. The lowest BCUT2D eigenvalue weighted by atomic mass is 10.0. The van der Waals surface area contributed by atoms with Crippen molar-refractivity contribution in [2.24, 2.45) is 0 Å². The Hall–Kier alpha value is -4.98. The summed E-state index contributed by atoms with van der Waals surface area (Å²) >= 11 is 0. The van der Waals surface area contributed by atoms with E-state index in [0.29, 0.717) is 11.5 Å². The molecule has 0 atom stereocenters. The number of fused-ring (bicyclic) bond motifs is 2. The Morgan fingerprint density at radius 1 is 0.886 bits per heavy atom. The molecular formula is C27H21N7O. The van der Waals surface area contributed by atoms with Crippen LogP contribution >= 0.6 is 0 Å². The zero-order valence-electron chi connectivity index (χ0n) is 18.9. The number of hydrogen-bond acceptors (Lipinski definition) is 7. The highest BCUT2D eigenvalue weighted by atomic mass is 16.5. The molecule has 0 saturated heterocycles. The summed E-state index contributed by atoms with van der Waals surface area (Å²) in [7, 11) is 0. The maximum Gasteiger partial charge on any atom is 0.224 e. The highest BCUT2D eigenvalue weighted by molar-refractivity contribution is 5.95. The third-order valence-corrected chi connectivity index (χ3v) is 5.79. The number of aromatic nitrogens is 5. The van der Waals surface area contributed by atoms with Gasteiger partial charge in [0, 0.05) is 34.7 Å². The Morgan fingerprint density at radius 2 is 1.80 bits per heavy atom. The number of anilines is 3. The number of nitrogens with one attached hydrogen (secondary N) is 1. The number of nitrogen functional groups attached to an aromatic ring is 1. The van der Waals surface area contributed by atoms with Gasteiger partial charge in [0.1, 0.15) is 18.4 Å². The van der Waals surface area contributed by atoms with Gasteiger partial charge in [-0.3, -0.25) is 9.38 Å². The quantitative estimate of drug-likeness (QED) is 0.316. The molecule has 0 unspecified atom stereocenters. The fraction of sp³-hybridized carbons (Fsp3) is 0.0370. The van der Waals surface area contributed by atoms with Crippen molar-refractivity contribution >= 4 is 33.6 Å². The standard InChI is InChI=1S/C27H21N7O/c1-17-11-21(6-8-25(17)35-27-14-26-33-31-16-34(26)15-30-27)32-24-9-10-29-23-7-5-19(13-22(23)24)18-3-2-4-20(28)12-18/h2-16H,28H2,1H3,(H,29,32). The number of nitrogens with two attached hydrogens (primary N) is 1. The van der Waals surface area contributed by atoms with Crippen molar-refractivity contribution in [1.29, 1.82) is 0 Å². The fourth-order valence-corrected chi connectivity index (χ4v) is 4.03. The van der Waals surface area contributed by atoms with Gasteiger partial charge in [-0.1, -0.05) is 18.2 Å². The van der Waals surface area contributed by atoms with Crippen LogP contribution in [-0.2, 0) is 0 Å². The summed E-state index contributed by atoms with van der Waals surface area (Å²) in [6, 6.07) is 23.8. The van der Waals surface area contributed by atoms with Crippen molar-refractivity contribution in [1.82, 2.24) is 24.6 Å². The van der Waals surface area contributed by atoms with Crippen molar-refractivity contribution in [3.63, 3.8) is 0 Å². The first kappa shape index (κ1) is 20.6. The zero-order valence-corrected chi connectivity index (χ0v) is 18.9. The minimum absolute atomic E-state index is 0.462. The molecule has 0 fully saturated rings. The van der Waals surface area contributed by atoms with Crippen LogP contribution in [0.15, 0.2) is 91.6 Å². The SMILES string of the molecule is Cc1cc(Nc2ccnc3ccc(-c4cccc(N)c4)cc23)ccc1Oc1cc2nncn2cn1. The van der Waals surface area contributed by atoms with Crippen LogP contribution in [0.1, 0.15) is 5.56 Å². The van der Waals surface area contributed by atoms with Crippen molar-refractivity contribution in [2.45, 2.75) is 6.92 Å². The van der Waals surface area contributed by atoms with E-state index in [9.17, 15) is 0 Å². The summed E-state index contributed by atoms with van der Waals surface area (Å²) in [5.74, 6) is 1.18. The maximum atomic E-state index is 6.00. The number of benzene rings is 3. The molecule has 6 rings (SSSR count). The van der Waals surface area contributed by atoms with E-state index in [1.807, 2.05) is 61.7 Å². The van der Waals surface area contributed by atoms with Gasteiger partial charge in [0.2, 0.25) is 5.88 Å². The Morgan fingerprint density at radius 3 is 2.69 bits per heavy atom. The van der Waals surface area contributed by atoms with Crippen LogP contribution in [0.3, 0.4) is 0 Å². The van der Waals surface area contributed by atoms with Crippen molar-refractivity contribution in [3.8, 4) is 22.8 Å². The van der Waals surface area contributed by atoms with E-state index in [2.05, 4.69) is 43.7 Å². The van der Waals surface area contributed by atoms with E-state index in [1.165, 1.54) is 0 Å². The van der Waals surface area contributed by atoms with Gasteiger partial charge in [0.25, 0.3) is 0 Å². The smallest absolute Gasteiger partial charge is 0.224 e. The molecule has 0 saturated carbocycles. The molecule has 35 heavy (non-hydrogen) atoms. The van der Waals surface area contributed by atoms with Gasteiger partial charge < -0.3 is 15.8 Å². The monoisotopic (exact) mass is 459 g/mol. The number of ether oxygens (including phenoxy) is 1. The van der Waals surface area contributed by atoms with Gasteiger partial charge in [-0.15, -0.1) is 10.2 Å². The highest BCUT2D eigenvalue weighted by Gasteiger charge is 2.09. The van der Waals surface area contributed by atoms with Gasteiger partial charge in [0.15, 0.2) is 5.65 Å². The number of aryl methyl sites for hydroxylation is 1. The summed E-state index contributed by atoms with van der Waals surface area (Å²) in [5.41, 5.74) is 13.3. The molecule has 0 aliphatic carbocycles. The maximum absolute atomic E-state index is 6.00. The molecule has 8 heteroatoms. The topological polar surface area (TPSA) is 103 Å². The highest BCUT2D eigenvalue weighted by Crippen LogP contribution is 2.32. The van der Waals surface area contributed by atoms with E-state index >= 15 is 0 Å². The van der Waals surface area contributed by atoms with Crippen molar-refractivity contribution in [2.75, 3.05) is 11.1 Å². The van der Waals surface area contributed by atoms with Crippen LogP contribution in [-0.4, -0.2) is 24.6 Å². The Kier molecular flexibility index (Phi) is 4.96. The molecule has 3 N–H and O–H groups in total. The van der Waals surface area contributed by atoms with Crippen molar-refractivity contribution in [3.05, 3.63) is 97.2 Å². The lowest BCUT2D eigenvalue weighted by molar-refractivity contribution is 0.458. The van der Waals surface area contributed by atoms with Crippen LogP contribution in [0, 0.1) is 6.92 Å². The second-order valence-electron chi connectivity index (χ2n) is 8.25. The Balaban J connectivity index is 1.29. The number of rotatable bonds is 5. The predicted molar refractivity (Wildman–Crippen MR) is 137 cm³/mol. The molecule has 0 amide bonds. The van der Waals surface area contributed by atoms with Crippen LogP contribution in [0.25, 0.3) is 27.7 Å². The van der Waals surface area contributed by atoms with Crippen LogP contribution in [0.5, 0.6) is 11.6 Å². The normalized spacial score (nSPS) is 11.1. The molecule has 8 nitrogen and oxygen atoms in total. The first-order valence-electron chi connectivity index (χ1n) is 11.1. The number of hydrogen-bond donors (Lipinski definition) is 2. The first-order chi connectivity index (χ1) is 17.1. The van der Waals surface area contributed by atoms with Gasteiger partial charge >= 0.3 is 0 Å². The molecule has 0 aliphatic rings. The molecule has 0 radical (unpaired) electrons. The molecule has 3 aromatic carbocycles. The van der Waals surface area contributed by atoms with Crippen LogP contribution < -0.4 is 15.8 Å². The van der Waals surface area contributed by atoms with Gasteiger partial charge in [0.05, 0.1) is 5.52 Å². The fourth-order valence-electron chi connectivity index (χ4n) is 4.03. The molecule has 3 aromatic heterocycles.